The highest BCUT2D eigenvalue weighted by Gasteiger charge is 2.18. The summed E-state index contributed by atoms with van der Waals surface area (Å²) in [4.78, 5) is 21.1. The van der Waals surface area contributed by atoms with Crippen LogP contribution in [-0.2, 0) is 9.53 Å². The first-order chi connectivity index (χ1) is 13.0. The van der Waals surface area contributed by atoms with Gasteiger partial charge < -0.3 is 14.8 Å². The lowest BCUT2D eigenvalue weighted by atomic mass is 10.1. The molecule has 0 saturated heterocycles. The number of aromatic nitrogens is 3. The van der Waals surface area contributed by atoms with Crippen molar-refractivity contribution in [3.8, 4) is 17.0 Å². The molecule has 3 rings (SSSR count). The quantitative estimate of drug-likeness (QED) is 0.644. The van der Waals surface area contributed by atoms with Gasteiger partial charge in [-0.3, -0.25) is 9.20 Å². The summed E-state index contributed by atoms with van der Waals surface area (Å²) < 4.78 is 12.5. The first kappa shape index (κ1) is 18.7. The second-order valence-corrected chi connectivity index (χ2v) is 6.10. The summed E-state index contributed by atoms with van der Waals surface area (Å²) in [6.45, 7) is 8.67. The molecule has 0 radical (unpaired) electrons. The minimum atomic E-state index is -0.317. The summed E-state index contributed by atoms with van der Waals surface area (Å²) in [5, 5.41) is 3.17. The van der Waals surface area contributed by atoms with Gasteiger partial charge in [-0.15, -0.1) is 0 Å². The third-order valence-corrected chi connectivity index (χ3v) is 4.05. The number of ether oxygens (including phenoxy) is 2. The van der Waals surface area contributed by atoms with E-state index < -0.39 is 0 Å². The van der Waals surface area contributed by atoms with Gasteiger partial charge in [0.25, 0.3) is 0 Å². The van der Waals surface area contributed by atoms with Crippen LogP contribution >= 0.6 is 0 Å². The van der Waals surface area contributed by atoms with Crippen LogP contribution in [0.1, 0.15) is 25.2 Å². The van der Waals surface area contributed by atoms with Gasteiger partial charge in [-0.05, 0) is 58.0 Å². The molecule has 0 spiro atoms. The van der Waals surface area contributed by atoms with Crippen molar-refractivity contribution in [1.29, 1.82) is 0 Å². The van der Waals surface area contributed by atoms with Crippen molar-refractivity contribution in [3.63, 3.8) is 0 Å². The molecular weight excluding hydrogens is 344 g/mol. The van der Waals surface area contributed by atoms with Crippen LogP contribution < -0.4 is 10.1 Å². The van der Waals surface area contributed by atoms with E-state index >= 15 is 0 Å². The van der Waals surface area contributed by atoms with Crippen LogP contribution in [0.4, 0.5) is 5.82 Å². The smallest absolute Gasteiger partial charge is 0.325 e. The Balaban J connectivity index is 2.05. The van der Waals surface area contributed by atoms with Gasteiger partial charge in [0.2, 0.25) is 5.78 Å². The zero-order chi connectivity index (χ0) is 19.4. The third kappa shape index (κ3) is 4.02. The Morgan fingerprint density at radius 1 is 1.11 bits per heavy atom. The van der Waals surface area contributed by atoms with Crippen LogP contribution in [0.25, 0.3) is 17.0 Å². The highest BCUT2D eigenvalue weighted by Crippen LogP contribution is 2.30. The van der Waals surface area contributed by atoms with Gasteiger partial charge in [0.1, 0.15) is 23.8 Å². The first-order valence-corrected chi connectivity index (χ1v) is 9.03. The molecule has 27 heavy (non-hydrogen) atoms. The zero-order valence-electron chi connectivity index (χ0n) is 16.1. The maximum atomic E-state index is 11.8. The van der Waals surface area contributed by atoms with Gasteiger partial charge in [-0.2, -0.15) is 0 Å². The van der Waals surface area contributed by atoms with Crippen molar-refractivity contribution in [2.24, 2.45) is 0 Å². The van der Waals surface area contributed by atoms with E-state index in [2.05, 4.69) is 10.3 Å². The van der Waals surface area contributed by atoms with E-state index in [1.807, 2.05) is 55.5 Å². The number of carbonyl (C=O) groups is 1. The number of nitrogens with one attached hydrogen (secondary N) is 1. The number of rotatable bonds is 7. The molecule has 0 amide bonds. The average molecular weight is 368 g/mol. The van der Waals surface area contributed by atoms with E-state index in [4.69, 9.17) is 14.5 Å². The number of benzene rings is 1. The molecule has 0 aliphatic rings. The van der Waals surface area contributed by atoms with E-state index in [9.17, 15) is 4.79 Å². The summed E-state index contributed by atoms with van der Waals surface area (Å²) in [7, 11) is 0. The number of imidazole rings is 1. The van der Waals surface area contributed by atoms with Gasteiger partial charge in [0.15, 0.2) is 0 Å². The Kier molecular flexibility index (Phi) is 5.59. The Hall–Kier alpha value is -3.09. The van der Waals surface area contributed by atoms with Gasteiger partial charge in [-0.1, -0.05) is 0 Å². The number of esters is 1. The van der Waals surface area contributed by atoms with E-state index in [0.717, 1.165) is 28.4 Å². The predicted octanol–water partition coefficient (Wildman–Crippen LogP) is 3.39. The highest BCUT2D eigenvalue weighted by atomic mass is 16.5. The summed E-state index contributed by atoms with van der Waals surface area (Å²) in [5.74, 6) is 1.79. The van der Waals surface area contributed by atoms with E-state index in [0.29, 0.717) is 24.8 Å². The molecule has 7 nitrogen and oxygen atoms in total. The van der Waals surface area contributed by atoms with Crippen LogP contribution in [0.5, 0.6) is 5.75 Å². The standard InChI is InChI=1S/C20H24N4O3/c1-5-26-16-9-7-15(8-10-16)18-19(21-12-17(25)27-6-2)24-14(4)11-13(3)22-20(24)23-18/h7-11,21H,5-6,12H2,1-4H3. The molecule has 2 aromatic heterocycles. The Bertz CT molecular complexity index is 948. The molecule has 0 atom stereocenters. The molecule has 3 aromatic rings. The van der Waals surface area contributed by atoms with Crippen LogP contribution in [0.15, 0.2) is 30.3 Å². The van der Waals surface area contributed by atoms with Crippen molar-refractivity contribution in [3.05, 3.63) is 41.7 Å². The number of hydrogen-bond donors (Lipinski definition) is 1. The number of fused-ring (bicyclic) bond motifs is 1. The van der Waals surface area contributed by atoms with Crippen molar-refractivity contribution in [2.75, 3.05) is 25.1 Å². The zero-order valence-corrected chi connectivity index (χ0v) is 16.1. The maximum absolute atomic E-state index is 11.8. The molecule has 1 N–H and O–H groups in total. The molecule has 0 saturated carbocycles. The fraction of sp³-hybridized carbons (Fsp3) is 0.350. The number of aryl methyl sites for hydroxylation is 2. The van der Waals surface area contributed by atoms with Gasteiger partial charge >= 0.3 is 5.97 Å². The summed E-state index contributed by atoms with van der Waals surface area (Å²) >= 11 is 0. The lowest BCUT2D eigenvalue weighted by Gasteiger charge is -2.10. The molecule has 1 aromatic carbocycles. The molecule has 7 heteroatoms. The van der Waals surface area contributed by atoms with Crippen molar-refractivity contribution in [1.82, 2.24) is 14.4 Å². The van der Waals surface area contributed by atoms with Crippen molar-refractivity contribution in [2.45, 2.75) is 27.7 Å². The summed E-state index contributed by atoms with van der Waals surface area (Å²) in [6, 6.07) is 9.69. The number of carbonyl (C=O) groups excluding carboxylic acids is 1. The molecule has 0 unspecified atom stereocenters. The van der Waals surface area contributed by atoms with Crippen LogP contribution in [0.2, 0.25) is 0 Å². The SMILES string of the molecule is CCOC(=O)CNc1c(-c2ccc(OCC)cc2)nc2nc(C)cc(C)n12. The van der Waals surface area contributed by atoms with E-state index in [1.54, 1.807) is 6.92 Å². The lowest BCUT2D eigenvalue weighted by molar-refractivity contribution is -0.140. The molecule has 0 aliphatic heterocycles. The molecule has 0 fully saturated rings. The second-order valence-electron chi connectivity index (χ2n) is 6.10. The average Bonchev–Trinajstić information content (AvgIpc) is 3.00. The summed E-state index contributed by atoms with van der Waals surface area (Å²) in [5.41, 5.74) is 3.50. The minimum absolute atomic E-state index is 0.0545. The number of anilines is 1. The predicted molar refractivity (Wildman–Crippen MR) is 104 cm³/mol. The fourth-order valence-electron chi connectivity index (χ4n) is 2.98. The molecule has 142 valence electrons. The normalized spacial score (nSPS) is 10.8. The van der Waals surface area contributed by atoms with Crippen molar-refractivity contribution < 1.29 is 14.3 Å². The van der Waals surface area contributed by atoms with Crippen LogP contribution in [-0.4, -0.2) is 40.1 Å². The highest BCUT2D eigenvalue weighted by molar-refractivity contribution is 5.80. The Morgan fingerprint density at radius 2 is 1.85 bits per heavy atom. The van der Waals surface area contributed by atoms with Gasteiger partial charge in [0, 0.05) is 17.0 Å². The maximum Gasteiger partial charge on any atom is 0.325 e. The molecule has 2 heterocycles. The largest absolute Gasteiger partial charge is 0.494 e. The molecular formula is C20H24N4O3. The van der Waals surface area contributed by atoms with E-state index in [-0.39, 0.29) is 12.5 Å². The van der Waals surface area contributed by atoms with Crippen LogP contribution in [0, 0.1) is 13.8 Å². The lowest BCUT2D eigenvalue weighted by Crippen LogP contribution is -2.18. The molecule has 0 aliphatic carbocycles. The Labute approximate surface area is 158 Å². The molecule has 0 bridgehead atoms. The Morgan fingerprint density at radius 3 is 2.52 bits per heavy atom. The monoisotopic (exact) mass is 368 g/mol. The van der Waals surface area contributed by atoms with Crippen LogP contribution in [0.3, 0.4) is 0 Å². The topological polar surface area (TPSA) is 77.8 Å². The van der Waals surface area contributed by atoms with Gasteiger partial charge in [-0.25, -0.2) is 9.97 Å². The minimum Gasteiger partial charge on any atom is -0.494 e. The first-order valence-electron chi connectivity index (χ1n) is 9.03. The number of hydrogen-bond acceptors (Lipinski definition) is 6. The van der Waals surface area contributed by atoms with Crippen molar-refractivity contribution >= 4 is 17.6 Å². The third-order valence-electron chi connectivity index (χ3n) is 4.05. The van der Waals surface area contributed by atoms with Gasteiger partial charge in [0.05, 0.1) is 13.2 Å². The fourth-order valence-corrected chi connectivity index (χ4v) is 2.98. The number of nitrogens with zero attached hydrogens (tertiary/aromatic N) is 3. The van der Waals surface area contributed by atoms with E-state index in [1.165, 1.54) is 0 Å². The second kappa shape index (κ2) is 8.07. The summed E-state index contributed by atoms with van der Waals surface area (Å²) in [6.07, 6.45) is 0.